The largest absolute Gasteiger partial charge is 0.379 e. The summed E-state index contributed by atoms with van der Waals surface area (Å²) in [6.45, 7) is 5.21. The first-order valence-corrected chi connectivity index (χ1v) is 10.1. The van der Waals surface area contributed by atoms with Gasteiger partial charge in [0.05, 0.1) is 18.3 Å². The zero-order valence-corrected chi connectivity index (χ0v) is 14.7. The highest BCUT2D eigenvalue weighted by Gasteiger charge is 2.35. The Morgan fingerprint density at radius 3 is 2.42 bits per heavy atom. The van der Waals surface area contributed by atoms with Gasteiger partial charge in [-0.15, -0.1) is 5.10 Å². The molecule has 0 saturated heterocycles. The van der Waals surface area contributed by atoms with Crippen LogP contribution in [-0.2, 0) is 17.7 Å². The minimum Gasteiger partial charge on any atom is -0.379 e. The molecular weight excluding hydrogens is 300 g/mol. The van der Waals surface area contributed by atoms with E-state index in [9.17, 15) is 0 Å². The van der Waals surface area contributed by atoms with Gasteiger partial charge >= 0.3 is 0 Å². The van der Waals surface area contributed by atoms with Crippen LogP contribution in [0.2, 0.25) is 0 Å². The third-order valence-corrected chi connectivity index (χ3v) is 6.43. The fraction of sp³-hybridized carbons (Fsp3) is 0.895. The number of nitrogens with zero attached hydrogens (tertiary/aromatic N) is 4. The van der Waals surface area contributed by atoms with Crippen molar-refractivity contribution in [2.45, 2.75) is 64.0 Å². The highest BCUT2D eigenvalue weighted by atomic mass is 16.5. The van der Waals surface area contributed by atoms with Gasteiger partial charge in [-0.1, -0.05) is 11.6 Å². The second-order valence-corrected chi connectivity index (χ2v) is 8.59. The van der Waals surface area contributed by atoms with Crippen LogP contribution in [0.5, 0.6) is 0 Å². The Morgan fingerprint density at radius 2 is 1.71 bits per heavy atom. The highest BCUT2D eigenvalue weighted by molar-refractivity contribution is 5.19. The lowest BCUT2D eigenvalue weighted by Gasteiger charge is -2.39. The summed E-state index contributed by atoms with van der Waals surface area (Å²) in [5.41, 5.74) is 2.61. The van der Waals surface area contributed by atoms with Crippen molar-refractivity contribution in [2.24, 2.45) is 17.8 Å². The molecule has 4 aliphatic rings. The molecule has 5 nitrogen and oxygen atoms in total. The summed E-state index contributed by atoms with van der Waals surface area (Å²) in [6, 6.07) is 0.334. The summed E-state index contributed by atoms with van der Waals surface area (Å²) in [6.07, 6.45) is 10.8. The zero-order chi connectivity index (χ0) is 15.9. The molecule has 5 heteroatoms. The third kappa shape index (κ3) is 3.25. The van der Waals surface area contributed by atoms with E-state index in [1.165, 1.54) is 62.9 Å². The van der Waals surface area contributed by atoms with Crippen LogP contribution in [0.25, 0.3) is 0 Å². The van der Waals surface area contributed by atoms with Crippen LogP contribution in [0.15, 0.2) is 0 Å². The highest BCUT2D eigenvalue weighted by Crippen LogP contribution is 2.36. The standard InChI is InChI=1S/C19H30N4O/c1-2-14(3-1)10-22-9-8-17-19(18(22)13-24-12-16-6-7-16)20-21-23(17)11-15-4-5-15/h14-16,18H,1-13H2/t18-/m1/s1. The van der Waals surface area contributed by atoms with Crippen LogP contribution >= 0.6 is 0 Å². The topological polar surface area (TPSA) is 43.2 Å². The monoisotopic (exact) mass is 330 g/mol. The van der Waals surface area contributed by atoms with E-state index >= 15 is 0 Å². The Hall–Kier alpha value is -0.940. The van der Waals surface area contributed by atoms with Gasteiger partial charge in [0.25, 0.3) is 0 Å². The average molecular weight is 330 g/mol. The lowest BCUT2D eigenvalue weighted by molar-refractivity contribution is 0.0319. The van der Waals surface area contributed by atoms with Crippen LogP contribution in [-0.4, -0.2) is 46.2 Å². The van der Waals surface area contributed by atoms with Crippen molar-refractivity contribution in [2.75, 3.05) is 26.3 Å². The predicted octanol–water partition coefficient (Wildman–Crippen LogP) is 2.81. The maximum atomic E-state index is 6.10. The molecule has 2 heterocycles. The lowest BCUT2D eigenvalue weighted by atomic mass is 9.84. The second-order valence-electron chi connectivity index (χ2n) is 8.59. The average Bonchev–Trinajstić information content (AvgIpc) is 3.45. The van der Waals surface area contributed by atoms with Gasteiger partial charge in [0.1, 0.15) is 5.69 Å². The van der Waals surface area contributed by atoms with Crippen LogP contribution in [0.1, 0.15) is 62.4 Å². The fourth-order valence-corrected chi connectivity index (χ4v) is 4.17. The molecule has 1 aromatic heterocycles. The van der Waals surface area contributed by atoms with Crippen LogP contribution in [0.4, 0.5) is 0 Å². The quantitative estimate of drug-likeness (QED) is 0.735. The second kappa shape index (κ2) is 6.41. The van der Waals surface area contributed by atoms with Crippen LogP contribution in [0.3, 0.4) is 0 Å². The maximum Gasteiger partial charge on any atom is 0.105 e. The van der Waals surface area contributed by atoms with Gasteiger partial charge in [0, 0.05) is 32.7 Å². The Morgan fingerprint density at radius 1 is 0.917 bits per heavy atom. The van der Waals surface area contributed by atoms with Crippen molar-refractivity contribution >= 4 is 0 Å². The number of hydrogen-bond donors (Lipinski definition) is 0. The van der Waals surface area contributed by atoms with Gasteiger partial charge < -0.3 is 4.74 Å². The molecule has 0 N–H and O–H groups in total. The van der Waals surface area contributed by atoms with Gasteiger partial charge in [-0.3, -0.25) is 4.90 Å². The van der Waals surface area contributed by atoms with E-state index in [0.29, 0.717) is 6.04 Å². The first-order chi connectivity index (χ1) is 11.9. The molecule has 24 heavy (non-hydrogen) atoms. The van der Waals surface area contributed by atoms with E-state index in [4.69, 9.17) is 4.74 Å². The minimum atomic E-state index is 0.334. The van der Waals surface area contributed by atoms with Crippen LogP contribution < -0.4 is 0 Å². The summed E-state index contributed by atoms with van der Waals surface area (Å²) in [5.74, 6) is 2.59. The number of fused-ring (bicyclic) bond motifs is 1. The molecule has 1 aliphatic heterocycles. The molecule has 0 amide bonds. The lowest BCUT2D eigenvalue weighted by Crippen LogP contribution is -2.42. The van der Waals surface area contributed by atoms with E-state index in [1.54, 1.807) is 0 Å². The Bertz CT molecular complexity index is 574. The van der Waals surface area contributed by atoms with E-state index in [0.717, 1.165) is 50.5 Å². The summed E-state index contributed by atoms with van der Waals surface area (Å²) in [7, 11) is 0. The van der Waals surface area contributed by atoms with Crippen molar-refractivity contribution in [3.8, 4) is 0 Å². The summed E-state index contributed by atoms with van der Waals surface area (Å²) in [4.78, 5) is 2.65. The number of rotatable bonds is 8. The van der Waals surface area contributed by atoms with Crippen molar-refractivity contribution in [1.29, 1.82) is 0 Å². The molecule has 132 valence electrons. The molecular formula is C19H30N4O. The summed E-state index contributed by atoms with van der Waals surface area (Å²) in [5, 5.41) is 9.14. The van der Waals surface area contributed by atoms with Gasteiger partial charge in [0.2, 0.25) is 0 Å². The van der Waals surface area contributed by atoms with E-state index < -0.39 is 0 Å². The first-order valence-electron chi connectivity index (χ1n) is 10.1. The molecule has 5 rings (SSSR count). The van der Waals surface area contributed by atoms with Crippen molar-refractivity contribution in [1.82, 2.24) is 19.9 Å². The van der Waals surface area contributed by atoms with Crippen molar-refractivity contribution in [3.63, 3.8) is 0 Å². The van der Waals surface area contributed by atoms with E-state index in [-0.39, 0.29) is 0 Å². The molecule has 3 aliphatic carbocycles. The molecule has 1 atom stereocenters. The molecule has 0 radical (unpaired) electrons. The minimum absolute atomic E-state index is 0.334. The van der Waals surface area contributed by atoms with Gasteiger partial charge in [0.15, 0.2) is 0 Å². The predicted molar refractivity (Wildman–Crippen MR) is 91.6 cm³/mol. The SMILES string of the molecule is C1CC(CN2CCc3c(nnn3CC3CC3)[C@H]2COCC2CC2)C1. The number of aromatic nitrogens is 3. The molecule has 1 aromatic rings. The van der Waals surface area contributed by atoms with Gasteiger partial charge in [-0.2, -0.15) is 0 Å². The molecule has 3 fully saturated rings. The number of ether oxygens (including phenoxy) is 1. The fourth-order valence-electron chi connectivity index (χ4n) is 4.17. The van der Waals surface area contributed by atoms with Crippen molar-refractivity contribution in [3.05, 3.63) is 11.4 Å². The molecule has 0 aromatic carbocycles. The normalized spacial score (nSPS) is 27.9. The van der Waals surface area contributed by atoms with E-state index in [2.05, 4.69) is 19.9 Å². The molecule has 3 saturated carbocycles. The molecule has 0 bridgehead atoms. The Balaban J connectivity index is 1.31. The van der Waals surface area contributed by atoms with Crippen LogP contribution in [0, 0.1) is 17.8 Å². The van der Waals surface area contributed by atoms with Crippen molar-refractivity contribution < 1.29 is 4.74 Å². The molecule has 0 spiro atoms. The zero-order valence-electron chi connectivity index (χ0n) is 14.7. The Kier molecular flexibility index (Phi) is 4.10. The van der Waals surface area contributed by atoms with Gasteiger partial charge in [-0.25, -0.2) is 4.68 Å². The maximum absolute atomic E-state index is 6.10. The third-order valence-electron chi connectivity index (χ3n) is 6.43. The summed E-state index contributed by atoms with van der Waals surface area (Å²) < 4.78 is 8.31. The summed E-state index contributed by atoms with van der Waals surface area (Å²) >= 11 is 0. The smallest absolute Gasteiger partial charge is 0.105 e. The Labute approximate surface area is 144 Å². The first kappa shape index (κ1) is 15.3. The number of hydrogen-bond acceptors (Lipinski definition) is 4. The van der Waals surface area contributed by atoms with E-state index in [1.807, 2.05) is 0 Å². The molecule has 0 unspecified atom stereocenters. The van der Waals surface area contributed by atoms with Gasteiger partial charge in [-0.05, 0) is 56.3 Å².